The molecule has 0 aliphatic carbocycles. The molecule has 1 amide bonds. The first-order chi connectivity index (χ1) is 9.51. The van der Waals surface area contributed by atoms with Gasteiger partial charge in [-0.1, -0.05) is 0 Å². The van der Waals surface area contributed by atoms with E-state index in [1.165, 1.54) is 25.3 Å². The summed E-state index contributed by atoms with van der Waals surface area (Å²) in [7, 11) is 1.53. The summed E-state index contributed by atoms with van der Waals surface area (Å²) in [5, 5.41) is 12.0. The van der Waals surface area contributed by atoms with E-state index in [2.05, 4.69) is 21.2 Å². The molecule has 0 spiro atoms. The molecule has 5 nitrogen and oxygen atoms in total. The summed E-state index contributed by atoms with van der Waals surface area (Å²) in [6.45, 7) is 0. The van der Waals surface area contributed by atoms with Crippen LogP contribution >= 0.6 is 15.9 Å². The Bertz CT molecular complexity index is 659. The lowest BCUT2D eigenvalue weighted by Gasteiger charge is -2.10. The average molecular weight is 337 g/mol. The van der Waals surface area contributed by atoms with Crippen LogP contribution in [0, 0.1) is 0 Å². The van der Waals surface area contributed by atoms with E-state index in [0.717, 1.165) is 0 Å². The number of carbonyl (C=O) groups excluding carboxylic acids is 1. The third kappa shape index (κ3) is 3.03. The van der Waals surface area contributed by atoms with E-state index in [1.807, 2.05) is 0 Å². The third-order valence-corrected chi connectivity index (χ3v) is 3.39. The Morgan fingerprint density at radius 3 is 2.70 bits per heavy atom. The quantitative estimate of drug-likeness (QED) is 0.594. The molecular weight excluding hydrogens is 324 g/mol. The Morgan fingerprint density at radius 2 is 2.05 bits per heavy atom. The van der Waals surface area contributed by atoms with Gasteiger partial charge in [0, 0.05) is 10.5 Å². The van der Waals surface area contributed by atoms with Gasteiger partial charge in [-0.2, -0.15) is 0 Å². The Labute approximate surface area is 124 Å². The largest absolute Gasteiger partial charge is 0.508 e. The van der Waals surface area contributed by atoms with Gasteiger partial charge in [-0.15, -0.1) is 0 Å². The number of phenolic OH excluding ortho intramolecular Hbond substituents is 1. The number of nitrogen functional groups attached to an aromatic ring is 1. The van der Waals surface area contributed by atoms with Crippen LogP contribution < -0.4 is 15.8 Å². The zero-order valence-electron chi connectivity index (χ0n) is 10.7. The van der Waals surface area contributed by atoms with Gasteiger partial charge < -0.3 is 20.9 Å². The zero-order chi connectivity index (χ0) is 14.7. The number of benzene rings is 2. The van der Waals surface area contributed by atoms with Gasteiger partial charge in [-0.25, -0.2) is 0 Å². The smallest absolute Gasteiger partial charge is 0.257 e. The third-order valence-electron chi connectivity index (χ3n) is 2.70. The van der Waals surface area contributed by atoms with Crippen molar-refractivity contribution in [2.45, 2.75) is 0 Å². The molecule has 0 saturated heterocycles. The number of rotatable bonds is 3. The predicted octanol–water partition coefficient (Wildman–Crippen LogP) is 3.00. The lowest BCUT2D eigenvalue weighted by atomic mass is 10.2. The van der Waals surface area contributed by atoms with E-state index in [9.17, 15) is 9.90 Å². The lowest BCUT2D eigenvalue weighted by Crippen LogP contribution is -2.14. The van der Waals surface area contributed by atoms with Crippen molar-refractivity contribution in [1.29, 1.82) is 0 Å². The van der Waals surface area contributed by atoms with Gasteiger partial charge in [-0.3, -0.25) is 4.79 Å². The maximum atomic E-state index is 12.2. The second kappa shape index (κ2) is 5.83. The number of hydrogen-bond donors (Lipinski definition) is 3. The van der Waals surface area contributed by atoms with Gasteiger partial charge in [0.2, 0.25) is 0 Å². The van der Waals surface area contributed by atoms with Crippen LogP contribution in [0.25, 0.3) is 0 Å². The number of anilines is 2. The molecule has 2 rings (SSSR count). The molecule has 0 heterocycles. The summed E-state index contributed by atoms with van der Waals surface area (Å²) in [6, 6.07) is 9.46. The summed E-state index contributed by atoms with van der Waals surface area (Å²) in [5.74, 6) is 0.299. The molecule has 2 aromatic rings. The summed E-state index contributed by atoms with van der Waals surface area (Å²) < 4.78 is 5.74. The molecule has 0 bridgehead atoms. The fraction of sp³-hybridized carbons (Fsp3) is 0.0714. The molecule has 0 unspecified atom stereocenters. The maximum Gasteiger partial charge on any atom is 0.257 e. The van der Waals surface area contributed by atoms with Gasteiger partial charge in [0.15, 0.2) is 0 Å². The summed E-state index contributed by atoms with van der Waals surface area (Å²) in [4.78, 5) is 12.2. The van der Waals surface area contributed by atoms with Gasteiger partial charge in [-0.05, 0) is 46.3 Å². The minimum absolute atomic E-state index is 0.0445. The summed E-state index contributed by atoms with van der Waals surface area (Å²) in [6.07, 6.45) is 0. The van der Waals surface area contributed by atoms with Crippen LogP contribution in [-0.4, -0.2) is 18.1 Å². The van der Waals surface area contributed by atoms with E-state index in [0.29, 0.717) is 21.5 Å². The molecule has 6 heteroatoms. The number of amides is 1. The molecule has 2 aromatic carbocycles. The first-order valence-electron chi connectivity index (χ1n) is 5.74. The van der Waals surface area contributed by atoms with Crippen LogP contribution in [0.1, 0.15) is 10.4 Å². The molecule has 0 aliphatic heterocycles. The first kappa shape index (κ1) is 14.2. The zero-order valence-corrected chi connectivity index (χ0v) is 12.3. The van der Waals surface area contributed by atoms with Crippen LogP contribution in [0.2, 0.25) is 0 Å². The van der Waals surface area contributed by atoms with E-state index in [-0.39, 0.29) is 17.3 Å². The van der Waals surface area contributed by atoms with Crippen molar-refractivity contribution in [3.63, 3.8) is 0 Å². The Morgan fingerprint density at radius 1 is 1.30 bits per heavy atom. The number of nitrogens with two attached hydrogens (primary N) is 1. The molecule has 104 valence electrons. The molecular formula is C14H13BrN2O3. The molecule has 0 saturated carbocycles. The fourth-order valence-electron chi connectivity index (χ4n) is 1.66. The minimum Gasteiger partial charge on any atom is -0.508 e. The van der Waals surface area contributed by atoms with Crippen molar-refractivity contribution in [3.05, 3.63) is 46.4 Å². The number of halogens is 1. The van der Waals surface area contributed by atoms with Crippen LogP contribution in [0.15, 0.2) is 40.9 Å². The molecule has 20 heavy (non-hydrogen) atoms. The highest BCUT2D eigenvalue weighted by Gasteiger charge is 2.13. The highest BCUT2D eigenvalue weighted by Crippen LogP contribution is 2.26. The lowest BCUT2D eigenvalue weighted by molar-refractivity contribution is 0.102. The number of phenols is 1. The van der Waals surface area contributed by atoms with Crippen LogP contribution in [0.4, 0.5) is 11.4 Å². The van der Waals surface area contributed by atoms with Crippen LogP contribution in [0.3, 0.4) is 0 Å². The number of hydrogen-bond acceptors (Lipinski definition) is 4. The van der Waals surface area contributed by atoms with Crippen LogP contribution in [-0.2, 0) is 0 Å². The van der Waals surface area contributed by atoms with Gasteiger partial charge >= 0.3 is 0 Å². The van der Waals surface area contributed by atoms with Crippen molar-refractivity contribution in [2.75, 3.05) is 18.2 Å². The van der Waals surface area contributed by atoms with E-state index < -0.39 is 0 Å². The predicted molar refractivity (Wildman–Crippen MR) is 81.2 cm³/mol. The number of carbonyl (C=O) groups is 1. The van der Waals surface area contributed by atoms with Crippen molar-refractivity contribution in [1.82, 2.24) is 0 Å². The van der Waals surface area contributed by atoms with Gasteiger partial charge in [0.05, 0.1) is 24.0 Å². The topological polar surface area (TPSA) is 84.6 Å². The van der Waals surface area contributed by atoms with Crippen molar-refractivity contribution >= 4 is 33.2 Å². The van der Waals surface area contributed by atoms with E-state index >= 15 is 0 Å². The molecule has 0 radical (unpaired) electrons. The Kier molecular flexibility index (Phi) is 4.14. The molecule has 0 aromatic heterocycles. The average Bonchev–Trinajstić information content (AvgIpc) is 2.42. The standard InChI is InChI=1S/C14H13BrN2O3/c1-20-9-3-4-11(15)10(7-9)14(19)17-13-5-2-8(18)6-12(13)16/h2-7,18H,16H2,1H3,(H,17,19). The summed E-state index contributed by atoms with van der Waals surface area (Å²) >= 11 is 3.32. The van der Waals surface area contributed by atoms with E-state index in [1.54, 1.807) is 18.2 Å². The van der Waals surface area contributed by atoms with Gasteiger partial charge in [0.25, 0.3) is 5.91 Å². The number of aromatic hydroxyl groups is 1. The highest BCUT2D eigenvalue weighted by atomic mass is 79.9. The van der Waals surface area contributed by atoms with Crippen molar-refractivity contribution in [3.8, 4) is 11.5 Å². The minimum atomic E-state index is -0.326. The molecule has 0 fully saturated rings. The number of methoxy groups -OCH3 is 1. The van der Waals surface area contributed by atoms with Gasteiger partial charge in [0.1, 0.15) is 11.5 Å². The normalized spacial score (nSPS) is 10.1. The van der Waals surface area contributed by atoms with E-state index in [4.69, 9.17) is 10.5 Å². The monoisotopic (exact) mass is 336 g/mol. The summed E-state index contributed by atoms with van der Waals surface area (Å²) in [5.41, 5.74) is 6.88. The fourth-order valence-corrected chi connectivity index (χ4v) is 2.09. The molecule has 4 N–H and O–H groups in total. The highest BCUT2D eigenvalue weighted by molar-refractivity contribution is 9.10. The maximum absolute atomic E-state index is 12.2. The van der Waals surface area contributed by atoms with Crippen molar-refractivity contribution < 1.29 is 14.6 Å². The Hall–Kier alpha value is -2.21. The molecule has 0 aliphatic rings. The number of nitrogens with one attached hydrogen (secondary N) is 1. The number of ether oxygens (including phenoxy) is 1. The molecule has 0 atom stereocenters. The first-order valence-corrected chi connectivity index (χ1v) is 6.54. The van der Waals surface area contributed by atoms with Crippen molar-refractivity contribution in [2.24, 2.45) is 0 Å². The van der Waals surface area contributed by atoms with Crippen LogP contribution in [0.5, 0.6) is 11.5 Å². The Balaban J connectivity index is 2.28. The second-order valence-electron chi connectivity index (χ2n) is 4.07. The SMILES string of the molecule is COc1ccc(Br)c(C(=O)Nc2ccc(O)cc2N)c1. The second-order valence-corrected chi connectivity index (χ2v) is 4.93.